The number of carbonyl (C=O) groups is 1. The van der Waals surface area contributed by atoms with Gasteiger partial charge in [-0.3, -0.25) is 19.9 Å². The molecule has 0 saturated carbocycles. The minimum absolute atomic E-state index is 0.0349. The molecule has 0 radical (unpaired) electrons. The van der Waals surface area contributed by atoms with Gasteiger partial charge in [-0.15, -0.1) is 0 Å². The molecule has 40 heavy (non-hydrogen) atoms. The van der Waals surface area contributed by atoms with E-state index in [1.54, 1.807) is 0 Å². The van der Waals surface area contributed by atoms with E-state index in [-0.39, 0.29) is 23.8 Å². The van der Waals surface area contributed by atoms with Gasteiger partial charge in [0.1, 0.15) is 5.69 Å². The Morgan fingerprint density at radius 1 is 1.12 bits per heavy atom. The summed E-state index contributed by atoms with van der Waals surface area (Å²) < 4.78 is 0. The number of benzene rings is 1. The number of hydrogen-bond donors (Lipinski definition) is 3. The third kappa shape index (κ3) is 4.75. The highest BCUT2D eigenvalue weighted by Crippen LogP contribution is 2.35. The fourth-order valence-corrected chi connectivity index (χ4v) is 6.33. The average molecular weight is 535 g/mol. The highest BCUT2D eigenvalue weighted by atomic mass is 16.2. The van der Waals surface area contributed by atoms with Crippen LogP contribution in [0.5, 0.6) is 0 Å². The van der Waals surface area contributed by atoms with Crippen molar-refractivity contribution in [2.75, 3.05) is 26.7 Å². The summed E-state index contributed by atoms with van der Waals surface area (Å²) in [6.07, 6.45) is 13.5. The molecular weight excluding hydrogens is 500 g/mol. The highest BCUT2D eigenvalue weighted by molar-refractivity contribution is 5.96. The number of hydrogen-bond acceptors (Lipinski definition) is 6. The van der Waals surface area contributed by atoms with E-state index in [0.29, 0.717) is 12.5 Å². The van der Waals surface area contributed by atoms with Gasteiger partial charge >= 0.3 is 0 Å². The van der Waals surface area contributed by atoms with Crippen LogP contribution in [-0.2, 0) is 4.79 Å². The van der Waals surface area contributed by atoms with E-state index in [1.165, 1.54) is 10.9 Å². The Kier molecular flexibility index (Phi) is 6.51. The minimum atomic E-state index is 0.0349. The monoisotopic (exact) mass is 534 g/mol. The van der Waals surface area contributed by atoms with Crippen LogP contribution in [0, 0.1) is 5.92 Å². The van der Waals surface area contributed by atoms with Gasteiger partial charge in [0.05, 0.1) is 12.2 Å². The van der Waals surface area contributed by atoms with Crippen LogP contribution in [-0.4, -0.2) is 76.1 Å². The fourth-order valence-electron chi connectivity index (χ4n) is 6.33. The molecule has 9 nitrogen and oxygen atoms in total. The van der Waals surface area contributed by atoms with Crippen LogP contribution < -0.4 is 5.32 Å². The molecule has 3 atom stereocenters. The number of aliphatic imine (C=N–C) groups is 2. The van der Waals surface area contributed by atoms with Crippen molar-refractivity contribution in [1.29, 1.82) is 0 Å². The number of pyridine rings is 1. The number of aromatic amines is 2. The first-order valence-corrected chi connectivity index (χ1v) is 14.3. The number of fused-ring (bicyclic) bond motifs is 2. The predicted octanol–water partition coefficient (Wildman–Crippen LogP) is 4.56. The first-order valence-electron chi connectivity index (χ1n) is 14.3. The fraction of sp³-hybridized carbons (Fsp3) is 0.387. The lowest BCUT2D eigenvalue weighted by Gasteiger charge is -2.31. The van der Waals surface area contributed by atoms with E-state index < -0.39 is 0 Å². The van der Waals surface area contributed by atoms with Gasteiger partial charge in [-0.1, -0.05) is 18.2 Å². The second-order valence-electron chi connectivity index (χ2n) is 11.4. The minimum Gasteiger partial charge on any atom is -0.353 e. The SMILES string of the molecule is CN1CCC(C(=O)NC2CN=CC(c3cnc4[nH]nc(-c5cc6c(C7C=CN=CC7)cccc6[nH]5)c4c3)C2)CC1. The quantitative estimate of drug-likeness (QED) is 0.348. The van der Waals surface area contributed by atoms with Crippen molar-refractivity contribution in [3.63, 3.8) is 0 Å². The molecule has 4 aromatic rings. The molecular formula is C31H34N8O. The van der Waals surface area contributed by atoms with Gasteiger partial charge in [0.2, 0.25) is 5.91 Å². The van der Waals surface area contributed by atoms with E-state index >= 15 is 0 Å². The van der Waals surface area contributed by atoms with E-state index in [0.717, 1.165) is 72.3 Å². The maximum Gasteiger partial charge on any atom is 0.223 e. The highest BCUT2D eigenvalue weighted by Gasteiger charge is 2.28. The van der Waals surface area contributed by atoms with Crippen molar-refractivity contribution in [2.24, 2.45) is 15.9 Å². The van der Waals surface area contributed by atoms with E-state index in [9.17, 15) is 4.79 Å². The lowest BCUT2D eigenvalue weighted by molar-refractivity contribution is -0.127. The van der Waals surface area contributed by atoms with Crippen molar-refractivity contribution in [3.8, 4) is 11.4 Å². The molecule has 7 rings (SSSR count). The van der Waals surface area contributed by atoms with Crippen molar-refractivity contribution in [1.82, 2.24) is 30.4 Å². The van der Waals surface area contributed by atoms with Gasteiger partial charge < -0.3 is 15.2 Å². The van der Waals surface area contributed by atoms with Crippen LogP contribution in [0.25, 0.3) is 33.3 Å². The zero-order valence-corrected chi connectivity index (χ0v) is 22.7. The average Bonchev–Trinajstić information content (AvgIpc) is 3.62. The van der Waals surface area contributed by atoms with Gasteiger partial charge in [-0.25, -0.2) is 4.98 Å². The molecule has 9 heteroatoms. The Morgan fingerprint density at radius 3 is 2.88 bits per heavy atom. The van der Waals surface area contributed by atoms with Gasteiger partial charge in [-0.2, -0.15) is 5.10 Å². The van der Waals surface area contributed by atoms with Crippen LogP contribution in [0.3, 0.4) is 0 Å². The Morgan fingerprint density at radius 2 is 2.02 bits per heavy atom. The van der Waals surface area contributed by atoms with Gasteiger partial charge in [0.25, 0.3) is 0 Å². The molecule has 6 heterocycles. The standard InChI is InChI=1S/C31H34N8O/c1-39-11-7-20(8-12-39)31(40)35-23-13-21(16-33-18-23)22-14-26-29(37-38-30(26)34-17-22)28-15-25-24(3-2-4-27(25)36-28)19-5-9-32-10-6-19/h2-5,9-10,14-17,19-21,23,36H,6-8,11-13,18H2,1H3,(H,35,40)(H,34,37,38). The number of amides is 1. The number of H-pyrrole nitrogens is 2. The van der Waals surface area contributed by atoms with Crippen LogP contribution in [0.1, 0.15) is 48.6 Å². The molecule has 3 aromatic heterocycles. The molecule has 3 N–H and O–H groups in total. The molecule has 1 amide bonds. The normalized spacial score (nSPS) is 23.8. The zero-order valence-electron chi connectivity index (χ0n) is 22.7. The first-order chi connectivity index (χ1) is 19.6. The largest absolute Gasteiger partial charge is 0.353 e. The van der Waals surface area contributed by atoms with Gasteiger partial charge in [0, 0.05) is 64.9 Å². The van der Waals surface area contributed by atoms with Gasteiger partial charge in [-0.05, 0) is 75.1 Å². The predicted molar refractivity (Wildman–Crippen MR) is 159 cm³/mol. The first kappa shape index (κ1) is 24.9. The molecule has 3 unspecified atom stereocenters. The summed E-state index contributed by atoms with van der Waals surface area (Å²) in [5.74, 6) is 0.678. The number of piperidine rings is 1. The summed E-state index contributed by atoms with van der Waals surface area (Å²) in [5.41, 5.74) is 6.03. The summed E-state index contributed by atoms with van der Waals surface area (Å²) >= 11 is 0. The number of carbonyl (C=O) groups excluding carboxylic acids is 1. The van der Waals surface area contributed by atoms with E-state index in [4.69, 9.17) is 4.98 Å². The number of allylic oxidation sites excluding steroid dienone is 1. The molecule has 0 bridgehead atoms. The van der Waals surface area contributed by atoms with Crippen molar-refractivity contribution < 1.29 is 4.79 Å². The number of aromatic nitrogens is 4. The van der Waals surface area contributed by atoms with Crippen molar-refractivity contribution in [2.45, 2.75) is 43.6 Å². The lowest BCUT2D eigenvalue weighted by atomic mass is 9.90. The summed E-state index contributed by atoms with van der Waals surface area (Å²) in [7, 11) is 2.12. The lowest BCUT2D eigenvalue weighted by Crippen LogP contribution is -2.45. The van der Waals surface area contributed by atoms with Crippen LogP contribution in [0.2, 0.25) is 0 Å². The Bertz CT molecular complexity index is 1640. The van der Waals surface area contributed by atoms with Crippen molar-refractivity contribution in [3.05, 3.63) is 59.9 Å². The maximum absolute atomic E-state index is 12.9. The number of nitrogens with zero attached hydrogens (tertiary/aromatic N) is 5. The summed E-state index contributed by atoms with van der Waals surface area (Å²) in [5, 5.41) is 13.2. The number of rotatable bonds is 5. The summed E-state index contributed by atoms with van der Waals surface area (Å²) in [6.45, 7) is 2.58. The Hall–Kier alpha value is -4.11. The molecule has 3 aliphatic heterocycles. The summed E-state index contributed by atoms with van der Waals surface area (Å²) in [4.78, 5) is 32.4. The van der Waals surface area contributed by atoms with Crippen LogP contribution in [0.4, 0.5) is 0 Å². The van der Waals surface area contributed by atoms with E-state index in [2.05, 4.69) is 78.8 Å². The second-order valence-corrected chi connectivity index (χ2v) is 11.4. The molecule has 0 spiro atoms. The Labute approximate surface area is 232 Å². The van der Waals surface area contributed by atoms with Crippen LogP contribution in [0.15, 0.2) is 58.8 Å². The van der Waals surface area contributed by atoms with E-state index in [1.807, 2.05) is 24.8 Å². The number of likely N-dealkylation sites (tertiary alicyclic amines) is 1. The summed E-state index contributed by atoms with van der Waals surface area (Å²) in [6, 6.07) is 10.8. The molecule has 204 valence electrons. The Balaban J connectivity index is 1.13. The van der Waals surface area contributed by atoms with Crippen LogP contribution >= 0.6 is 0 Å². The molecule has 0 aliphatic carbocycles. The molecule has 1 aromatic carbocycles. The smallest absolute Gasteiger partial charge is 0.223 e. The number of nitrogens with one attached hydrogen (secondary N) is 3. The molecule has 3 aliphatic rings. The third-order valence-electron chi connectivity index (χ3n) is 8.67. The topological polar surface area (TPSA) is 114 Å². The molecule has 1 saturated heterocycles. The van der Waals surface area contributed by atoms with Gasteiger partial charge in [0.15, 0.2) is 5.65 Å². The maximum atomic E-state index is 12.9. The third-order valence-corrected chi connectivity index (χ3v) is 8.67. The second kappa shape index (κ2) is 10.5. The molecule has 1 fully saturated rings. The zero-order chi connectivity index (χ0) is 27.1. The van der Waals surface area contributed by atoms with Crippen molar-refractivity contribution >= 4 is 40.3 Å².